The van der Waals surface area contributed by atoms with Crippen LogP contribution in [0.15, 0.2) is 48.8 Å². The van der Waals surface area contributed by atoms with Crippen LogP contribution in [-0.4, -0.2) is 95.5 Å². The molecule has 3 aromatic rings. The van der Waals surface area contributed by atoms with Crippen LogP contribution in [0.5, 0.6) is 5.75 Å². The van der Waals surface area contributed by atoms with Crippen LogP contribution in [0, 0.1) is 11.3 Å². The number of nitrogens with two attached hydrogens (primary N) is 1. The molecule has 0 bridgehead atoms. The van der Waals surface area contributed by atoms with E-state index in [0.717, 1.165) is 0 Å². The van der Waals surface area contributed by atoms with Crippen LogP contribution in [0.1, 0.15) is 46.4 Å². The standard InChI is InChI=1S/C32H41N6O12P/c1-18(2)46-29(39)19(3)37-51(42,50-22-11-9-8-10-12-22)45-16-32(15-33)27(48-31(41)21(5)44-7)26(47-30(40)20(4)43-6)25(49-32)23-13-14-24-28(34)35-17-36-38(23)24/h8-14,17-21,25-27H,16H2,1-7H3,(H,37,42)(H2,34,35,36)/t19-,20-,21-,25-,26-,27-,32+,51-/m0/s1. The molecule has 1 aliphatic rings. The van der Waals surface area contributed by atoms with Crippen molar-refractivity contribution in [1.29, 1.82) is 5.26 Å². The molecule has 18 nitrogen and oxygen atoms in total. The van der Waals surface area contributed by atoms with Gasteiger partial charge in [-0.15, -0.1) is 0 Å². The summed E-state index contributed by atoms with van der Waals surface area (Å²) in [6.07, 6.45) is -6.21. The smallest absolute Gasteiger partial charge is 0.459 e. The van der Waals surface area contributed by atoms with Crippen LogP contribution in [0.2, 0.25) is 0 Å². The van der Waals surface area contributed by atoms with Gasteiger partial charge >= 0.3 is 25.7 Å². The van der Waals surface area contributed by atoms with Crippen molar-refractivity contribution >= 4 is 37.0 Å². The van der Waals surface area contributed by atoms with Gasteiger partial charge in [0.1, 0.15) is 42.4 Å². The van der Waals surface area contributed by atoms with Gasteiger partial charge in [0.05, 0.1) is 11.8 Å². The van der Waals surface area contributed by atoms with Gasteiger partial charge in [-0.1, -0.05) is 18.2 Å². The molecule has 1 aliphatic heterocycles. The van der Waals surface area contributed by atoms with E-state index in [-0.39, 0.29) is 17.3 Å². The van der Waals surface area contributed by atoms with E-state index in [1.54, 1.807) is 44.2 Å². The van der Waals surface area contributed by atoms with Crippen molar-refractivity contribution in [3.63, 3.8) is 0 Å². The number of anilines is 1. The largest absolute Gasteiger partial charge is 0.462 e. The molecule has 19 heteroatoms. The number of nitrogens with one attached hydrogen (secondary N) is 1. The number of benzene rings is 1. The molecule has 1 aromatic carbocycles. The summed E-state index contributed by atoms with van der Waals surface area (Å²) in [5, 5.41) is 17.6. The minimum absolute atomic E-state index is 0.0863. The molecule has 3 N–H and O–H groups in total. The van der Waals surface area contributed by atoms with E-state index < -0.39 is 80.5 Å². The first kappa shape index (κ1) is 39.2. The Labute approximate surface area is 294 Å². The molecular weight excluding hydrogens is 691 g/mol. The number of para-hydroxylation sites is 1. The number of esters is 3. The molecule has 4 rings (SSSR count). The summed E-state index contributed by atoms with van der Waals surface area (Å²) in [6.45, 7) is 6.57. The minimum Gasteiger partial charge on any atom is -0.462 e. The summed E-state index contributed by atoms with van der Waals surface area (Å²) in [4.78, 5) is 43.2. The number of nitriles is 1. The number of rotatable bonds is 16. The van der Waals surface area contributed by atoms with E-state index in [2.05, 4.69) is 15.2 Å². The number of fused-ring (bicyclic) bond motifs is 1. The average Bonchev–Trinajstić information content (AvgIpc) is 3.66. The summed E-state index contributed by atoms with van der Waals surface area (Å²) < 4.78 is 60.9. The zero-order chi connectivity index (χ0) is 37.5. The molecule has 0 radical (unpaired) electrons. The van der Waals surface area contributed by atoms with E-state index in [1.807, 2.05) is 6.07 Å². The third kappa shape index (κ3) is 9.00. The van der Waals surface area contributed by atoms with Crippen LogP contribution >= 0.6 is 7.75 Å². The number of nitrogens with zero attached hydrogens (tertiary/aromatic N) is 4. The molecule has 0 spiro atoms. The Hall–Kier alpha value is -4.63. The fraction of sp³-hybridized carbons (Fsp3) is 0.500. The second-order valence-corrected chi connectivity index (χ2v) is 13.5. The fourth-order valence-electron chi connectivity index (χ4n) is 4.88. The van der Waals surface area contributed by atoms with Crippen molar-refractivity contribution in [2.24, 2.45) is 0 Å². The molecular formula is C32H41N6O12P. The zero-order valence-corrected chi connectivity index (χ0v) is 30.0. The van der Waals surface area contributed by atoms with Gasteiger partial charge in [-0.05, 0) is 58.9 Å². The van der Waals surface area contributed by atoms with Gasteiger partial charge in [0.15, 0.2) is 30.2 Å². The third-order valence-corrected chi connectivity index (χ3v) is 9.35. The van der Waals surface area contributed by atoms with Crippen LogP contribution in [0.3, 0.4) is 0 Å². The second kappa shape index (κ2) is 16.6. The van der Waals surface area contributed by atoms with E-state index in [4.69, 9.17) is 43.2 Å². The first-order valence-corrected chi connectivity index (χ1v) is 17.3. The lowest BCUT2D eigenvalue weighted by Crippen LogP contribution is -2.51. The summed E-state index contributed by atoms with van der Waals surface area (Å²) in [5.74, 6) is -2.41. The average molecular weight is 733 g/mol. The summed E-state index contributed by atoms with van der Waals surface area (Å²) in [5.41, 5.74) is 4.27. The number of nitrogen functional groups attached to an aromatic ring is 1. The van der Waals surface area contributed by atoms with Gasteiger partial charge < -0.3 is 38.7 Å². The molecule has 0 unspecified atom stereocenters. The van der Waals surface area contributed by atoms with Crippen molar-refractivity contribution in [2.75, 3.05) is 26.6 Å². The highest BCUT2D eigenvalue weighted by molar-refractivity contribution is 7.52. The lowest BCUT2D eigenvalue weighted by Gasteiger charge is -2.31. The van der Waals surface area contributed by atoms with Crippen molar-refractivity contribution in [1.82, 2.24) is 19.7 Å². The van der Waals surface area contributed by atoms with Crippen LogP contribution in [-0.2, 0) is 51.9 Å². The predicted molar refractivity (Wildman–Crippen MR) is 177 cm³/mol. The van der Waals surface area contributed by atoms with Crippen molar-refractivity contribution in [3.05, 3.63) is 54.5 Å². The maximum Gasteiger partial charge on any atom is 0.459 e. The summed E-state index contributed by atoms with van der Waals surface area (Å²) in [7, 11) is -2.04. The first-order chi connectivity index (χ1) is 24.2. The van der Waals surface area contributed by atoms with E-state index >= 15 is 0 Å². The summed E-state index contributed by atoms with van der Waals surface area (Å²) in [6, 6.07) is 11.8. The molecule has 0 amide bonds. The Morgan fingerprint density at radius 2 is 1.67 bits per heavy atom. The third-order valence-electron chi connectivity index (χ3n) is 7.73. The van der Waals surface area contributed by atoms with E-state index in [1.165, 1.54) is 58.0 Å². The molecule has 2 aromatic heterocycles. The Morgan fingerprint density at radius 1 is 1.02 bits per heavy atom. The van der Waals surface area contributed by atoms with Crippen LogP contribution in [0.25, 0.3) is 5.52 Å². The van der Waals surface area contributed by atoms with Crippen LogP contribution in [0.4, 0.5) is 5.82 Å². The second-order valence-electron chi connectivity index (χ2n) is 11.8. The highest BCUT2D eigenvalue weighted by Crippen LogP contribution is 2.50. The highest BCUT2D eigenvalue weighted by atomic mass is 31.2. The number of ether oxygens (including phenoxy) is 6. The van der Waals surface area contributed by atoms with Gasteiger partial charge in [0.2, 0.25) is 5.60 Å². The zero-order valence-electron chi connectivity index (χ0n) is 29.1. The van der Waals surface area contributed by atoms with E-state index in [0.29, 0.717) is 5.52 Å². The molecule has 0 saturated carbocycles. The number of aromatic nitrogens is 3. The molecule has 8 atom stereocenters. The monoisotopic (exact) mass is 732 g/mol. The maximum atomic E-state index is 14.4. The number of carbonyl (C=O) groups is 3. The number of hydrogen-bond acceptors (Lipinski definition) is 16. The Kier molecular flexibility index (Phi) is 12.7. The number of hydrogen-bond donors (Lipinski definition) is 2. The predicted octanol–water partition coefficient (Wildman–Crippen LogP) is 2.67. The SMILES string of the molecule is CO[C@@H](C)C(=O)O[C@H]1[C@H](c2ccc3c(N)ncnn23)O[C@](C#N)(CO[P@@](=O)(N[C@@H](C)C(=O)OC(C)C)Oc2ccccc2)[C@H]1OC(=O)[C@H](C)OC. The lowest BCUT2D eigenvalue weighted by atomic mass is 9.95. The lowest BCUT2D eigenvalue weighted by molar-refractivity contribution is -0.180. The molecule has 1 saturated heterocycles. The summed E-state index contributed by atoms with van der Waals surface area (Å²) >= 11 is 0. The molecule has 51 heavy (non-hydrogen) atoms. The van der Waals surface area contributed by atoms with E-state index in [9.17, 15) is 24.2 Å². The Morgan fingerprint density at radius 3 is 2.27 bits per heavy atom. The highest BCUT2D eigenvalue weighted by Gasteiger charge is 2.62. The molecule has 0 aliphatic carbocycles. The van der Waals surface area contributed by atoms with Gasteiger partial charge in [-0.2, -0.15) is 15.4 Å². The van der Waals surface area contributed by atoms with Gasteiger partial charge in [-0.25, -0.2) is 23.7 Å². The maximum absolute atomic E-state index is 14.4. The van der Waals surface area contributed by atoms with Gasteiger partial charge in [0, 0.05) is 14.2 Å². The minimum atomic E-state index is -4.60. The molecule has 1 fully saturated rings. The quantitative estimate of drug-likeness (QED) is 0.122. The van der Waals surface area contributed by atoms with Crippen molar-refractivity contribution in [3.8, 4) is 11.8 Å². The fourth-order valence-corrected chi connectivity index (χ4v) is 6.41. The van der Waals surface area contributed by atoms with Gasteiger partial charge in [0.25, 0.3) is 0 Å². The topological polar surface area (TPSA) is 234 Å². The molecule has 3 heterocycles. The van der Waals surface area contributed by atoms with Crippen molar-refractivity contribution < 1.29 is 56.4 Å². The molecule has 276 valence electrons. The van der Waals surface area contributed by atoms with Crippen molar-refractivity contribution in [2.45, 2.75) is 82.9 Å². The Bertz CT molecular complexity index is 1780. The number of methoxy groups -OCH3 is 2. The first-order valence-electron chi connectivity index (χ1n) is 15.8. The normalized spacial score (nSPS) is 23.1. The Balaban J connectivity index is 1.82. The van der Waals surface area contributed by atoms with Crippen LogP contribution < -0.4 is 15.3 Å². The van der Waals surface area contributed by atoms with Gasteiger partial charge in [-0.3, -0.25) is 9.32 Å². The number of carbonyl (C=O) groups excluding carboxylic acids is 3.